The van der Waals surface area contributed by atoms with E-state index in [0.717, 1.165) is 12.5 Å². The summed E-state index contributed by atoms with van der Waals surface area (Å²) in [6.07, 6.45) is 1.32. The lowest BCUT2D eigenvalue weighted by Crippen LogP contribution is -2.05. The molecular formula is C11H10F3N3S. The molecule has 1 aromatic heterocycles. The SMILES string of the molecule is CCCc1n[nH]c(=S)n1-c1cc(F)c(F)cc1F. The van der Waals surface area contributed by atoms with Gasteiger partial charge in [-0.15, -0.1) is 0 Å². The van der Waals surface area contributed by atoms with E-state index in [1.54, 1.807) is 0 Å². The van der Waals surface area contributed by atoms with E-state index >= 15 is 0 Å². The van der Waals surface area contributed by atoms with Crippen LogP contribution in [0.5, 0.6) is 0 Å². The molecule has 0 aliphatic carbocycles. The van der Waals surface area contributed by atoms with Gasteiger partial charge in [-0.25, -0.2) is 13.2 Å². The Morgan fingerprint density at radius 3 is 2.56 bits per heavy atom. The highest BCUT2D eigenvalue weighted by Crippen LogP contribution is 2.19. The summed E-state index contributed by atoms with van der Waals surface area (Å²) in [6.45, 7) is 1.92. The number of rotatable bonds is 3. The number of aromatic nitrogens is 3. The van der Waals surface area contributed by atoms with Crippen LogP contribution in [0, 0.1) is 22.2 Å². The maximum atomic E-state index is 13.7. The molecule has 18 heavy (non-hydrogen) atoms. The molecule has 0 atom stereocenters. The number of aryl methyl sites for hydroxylation is 1. The Morgan fingerprint density at radius 1 is 1.22 bits per heavy atom. The highest BCUT2D eigenvalue weighted by Gasteiger charge is 2.15. The second-order valence-electron chi connectivity index (χ2n) is 3.75. The molecule has 0 aliphatic rings. The predicted molar refractivity (Wildman–Crippen MR) is 62.6 cm³/mol. The second kappa shape index (κ2) is 4.93. The second-order valence-corrected chi connectivity index (χ2v) is 4.13. The zero-order valence-electron chi connectivity index (χ0n) is 9.51. The van der Waals surface area contributed by atoms with Gasteiger partial charge >= 0.3 is 0 Å². The van der Waals surface area contributed by atoms with Crippen molar-refractivity contribution in [3.8, 4) is 5.69 Å². The van der Waals surface area contributed by atoms with Crippen molar-refractivity contribution in [1.29, 1.82) is 0 Å². The van der Waals surface area contributed by atoms with Crippen LogP contribution in [0.4, 0.5) is 13.2 Å². The molecule has 1 N–H and O–H groups in total. The average molecular weight is 273 g/mol. The molecule has 0 saturated carbocycles. The molecule has 2 rings (SSSR count). The Bertz CT molecular complexity index is 633. The van der Waals surface area contributed by atoms with Crippen molar-refractivity contribution < 1.29 is 13.2 Å². The molecule has 0 spiro atoms. The van der Waals surface area contributed by atoms with E-state index in [0.29, 0.717) is 18.3 Å². The fraction of sp³-hybridized carbons (Fsp3) is 0.273. The molecule has 2 aromatic rings. The van der Waals surface area contributed by atoms with E-state index in [4.69, 9.17) is 12.2 Å². The maximum absolute atomic E-state index is 13.7. The lowest BCUT2D eigenvalue weighted by atomic mass is 10.2. The monoisotopic (exact) mass is 273 g/mol. The van der Waals surface area contributed by atoms with Gasteiger partial charge in [-0.2, -0.15) is 5.10 Å². The van der Waals surface area contributed by atoms with Crippen LogP contribution in [0.2, 0.25) is 0 Å². The first-order valence-corrected chi connectivity index (χ1v) is 5.76. The third-order valence-electron chi connectivity index (χ3n) is 2.45. The van der Waals surface area contributed by atoms with Crippen molar-refractivity contribution in [2.24, 2.45) is 0 Å². The number of hydrogen-bond acceptors (Lipinski definition) is 2. The first-order valence-electron chi connectivity index (χ1n) is 5.35. The normalized spacial score (nSPS) is 10.9. The Hall–Kier alpha value is -1.63. The first-order chi connectivity index (χ1) is 8.54. The van der Waals surface area contributed by atoms with Gasteiger partial charge in [0.1, 0.15) is 11.6 Å². The van der Waals surface area contributed by atoms with Crippen LogP contribution < -0.4 is 0 Å². The molecule has 7 heteroatoms. The summed E-state index contributed by atoms with van der Waals surface area (Å²) in [4.78, 5) is 0. The molecule has 96 valence electrons. The number of hydrogen-bond donors (Lipinski definition) is 1. The van der Waals surface area contributed by atoms with Gasteiger partial charge in [-0.05, 0) is 18.6 Å². The molecular weight excluding hydrogens is 263 g/mol. The zero-order valence-corrected chi connectivity index (χ0v) is 10.3. The van der Waals surface area contributed by atoms with Crippen LogP contribution in [0.3, 0.4) is 0 Å². The van der Waals surface area contributed by atoms with Gasteiger partial charge in [0.25, 0.3) is 0 Å². The Kier molecular flexibility index (Phi) is 3.51. The fourth-order valence-electron chi connectivity index (χ4n) is 1.65. The zero-order chi connectivity index (χ0) is 13.3. The van der Waals surface area contributed by atoms with Gasteiger partial charge in [-0.1, -0.05) is 6.92 Å². The van der Waals surface area contributed by atoms with Crippen molar-refractivity contribution in [2.45, 2.75) is 19.8 Å². The summed E-state index contributed by atoms with van der Waals surface area (Å²) >= 11 is 4.97. The number of aromatic amines is 1. The average Bonchev–Trinajstić information content (AvgIpc) is 2.66. The van der Waals surface area contributed by atoms with Crippen molar-refractivity contribution in [3.63, 3.8) is 0 Å². The summed E-state index contributed by atoms with van der Waals surface area (Å²) in [5.74, 6) is -2.77. The number of nitrogens with zero attached hydrogens (tertiary/aromatic N) is 2. The summed E-state index contributed by atoms with van der Waals surface area (Å²) in [6, 6.07) is 1.27. The first kappa shape index (κ1) is 12.8. The third kappa shape index (κ3) is 2.17. The van der Waals surface area contributed by atoms with Crippen LogP contribution >= 0.6 is 12.2 Å². The highest BCUT2D eigenvalue weighted by molar-refractivity contribution is 7.71. The third-order valence-corrected chi connectivity index (χ3v) is 2.72. The molecule has 1 aromatic carbocycles. The standard InChI is InChI=1S/C11H10F3N3S/c1-2-3-10-15-16-11(18)17(10)9-5-7(13)6(12)4-8(9)14/h4-5H,2-3H2,1H3,(H,16,18). The van der Waals surface area contributed by atoms with E-state index in [1.165, 1.54) is 4.57 Å². The van der Waals surface area contributed by atoms with Gasteiger partial charge < -0.3 is 0 Å². The molecule has 0 radical (unpaired) electrons. The van der Waals surface area contributed by atoms with Gasteiger partial charge in [0.05, 0.1) is 5.69 Å². The number of nitrogens with one attached hydrogen (secondary N) is 1. The van der Waals surface area contributed by atoms with E-state index in [9.17, 15) is 13.2 Å². The van der Waals surface area contributed by atoms with Crippen LogP contribution in [-0.4, -0.2) is 14.8 Å². The minimum absolute atomic E-state index is 0.142. The molecule has 0 amide bonds. The summed E-state index contributed by atoms with van der Waals surface area (Å²) in [5, 5.41) is 6.45. The maximum Gasteiger partial charge on any atom is 0.199 e. The Labute approximate surface area is 106 Å². The van der Waals surface area contributed by atoms with E-state index < -0.39 is 17.5 Å². The Balaban J connectivity index is 2.65. The van der Waals surface area contributed by atoms with Crippen LogP contribution in [0.1, 0.15) is 19.2 Å². The minimum Gasteiger partial charge on any atom is -0.269 e. The largest absolute Gasteiger partial charge is 0.269 e. The summed E-state index contributed by atoms with van der Waals surface area (Å²) in [7, 11) is 0. The number of halogens is 3. The van der Waals surface area contributed by atoms with Crippen LogP contribution in [-0.2, 0) is 6.42 Å². The van der Waals surface area contributed by atoms with E-state index in [-0.39, 0.29) is 10.5 Å². The molecule has 1 heterocycles. The van der Waals surface area contributed by atoms with Crippen molar-refractivity contribution in [3.05, 3.63) is 40.2 Å². The topological polar surface area (TPSA) is 33.6 Å². The predicted octanol–water partition coefficient (Wildman–Crippen LogP) is 3.30. The van der Waals surface area contributed by atoms with Crippen LogP contribution in [0.15, 0.2) is 12.1 Å². The molecule has 0 bridgehead atoms. The highest BCUT2D eigenvalue weighted by atomic mass is 32.1. The van der Waals surface area contributed by atoms with E-state index in [1.807, 2.05) is 6.92 Å². The number of benzene rings is 1. The summed E-state index contributed by atoms with van der Waals surface area (Å²) < 4.78 is 41.2. The Morgan fingerprint density at radius 2 is 1.89 bits per heavy atom. The molecule has 0 aliphatic heterocycles. The molecule has 3 nitrogen and oxygen atoms in total. The smallest absolute Gasteiger partial charge is 0.199 e. The number of H-pyrrole nitrogens is 1. The lowest BCUT2D eigenvalue weighted by Gasteiger charge is -2.07. The van der Waals surface area contributed by atoms with Crippen molar-refractivity contribution in [2.75, 3.05) is 0 Å². The van der Waals surface area contributed by atoms with Crippen LogP contribution in [0.25, 0.3) is 5.69 Å². The molecule has 0 saturated heterocycles. The summed E-state index contributed by atoms with van der Waals surface area (Å²) in [5.41, 5.74) is -0.142. The van der Waals surface area contributed by atoms with Crippen molar-refractivity contribution in [1.82, 2.24) is 14.8 Å². The molecule has 0 fully saturated rings. The van der Waals surface area contributed by atoms with Gasteiger partial charge in [0, 0.05) is 18.6 Å². The fourth-order valence-corrected chi connectivity index (χ4v) is 1.90. The quantitative estimate of drug-likeness (QED) is 0.687. The van der Waals surface area contributed by atoms with Gasteiger partial charge in [-0.3, -0.25) is 9.67 Å². The van der Waals surface area contributed by atoms with Crippen molar-refractivity contribution >= 4 is 12.2 Å². The minimum atomic E-state index is -1.23. The van der Waals surface area contributed by atoms with E-state index in [2.05, 4.69) is 10.2 Å². The lowest BCUT2D eigenvalue weighted by molar-refractivity contribution is 0.492. The van der Waals surface area contributed by atoms with Gasteiger partial charge in [0.15, 0.2) is 16.4 Å². The molecule has 0 unspecified atom stereocenters. The van der Waals surface area contributed by atoms with Gasteiger partial charge in [0.2, 0.25) is 0 Å².